The molecule has 1 aromatic rings. The van der Waals surface area contributed by atoms with Crippen molar-refractivity contribution in [3.63, 3.8) is 0 Å². The highest BCUT2D eigenvalue weighted by molar-refractivity contribution is 5.94. The number of alkyl carbamates (subject to hydrolysis) is 1. The second kappa shape index (κ2) is 8.13. The third-order valence-electron chi connectivity index (χ3n) is 2.66. The standard InChI is InChI=1S/C16H20FN3O3/c1-16(2,3)23-15(22)20-8-4-7-19-14(21)11-5-6-12(10-18)13(17)9-11/h5-6,9H,4,7-8H2,1-3H3,(H,19,21)(H,20,22). The Morgan fingerprint density at radius 3 is 2.48 bits per heavy atom. The molecule has 0 aromatic heterocycles. The lowest BCUT2D eigenvalue weighted by Crippen LogP contribution is -2.34. The van der Waals surface area contributed by atoms with E-state index >= 15 is 0 Å². The number of hydrogen-bond acceptors (Lipinski definition) is 4. The van der Waals surface area contributed by atoms with Gasteiger partial charge >= 0.3 is 6.09 Å². The Kier molecular flexibility index (Phi) is 6.51. The second-order valence-electron chi connectivity index (χ2n) is 5.84. The molecule has 0 fully saturated rings. The lowest BCUT2D eigenvalue weighted by atomic mass is 10.1. The van der Waals surface area contributed by atoms with E-state index in [0.29, 0.717) is 19.5 Å². The van der Waals surface area contributed by atoms with Gasteiger partial charge in [0.05, 0.1) is 5.56 Å². The molecule has 2 amide bonds. The van der Waals surface area contributed by atoms with Crippen molar-refractivity contribution in [1.29, 1.82) is 5.26 Å². The summed E-state index contributed by atoms with van der Waals surface area (Å²) in [5, 5.41) is 13.8. The van der Waals surface area contributed by atoms with Crippen molar-refractivity contribution in [2.24, 2.45) is 0 Å². The van der Waals surface area contributed by atoms with E-state index in [1.165, 1.54) is 12.1 Å². The van der Waals surface area contributed by atoms with Gasteiger partial charge in [-0.05, 0) is 45.4 Å². The Morgan fingerprint density at radius 1 is 1.26 bits per heavy atom. The molecule has 0 bridgehead atoms. The van der Waals surface area contributed by atoms with Crippen LogP contribution in [0.3, 0.4) is 0 Å². The van der Waals surface area contributed by atoms with Crippen LogP contribution in [0.4, 0.5) is 9.18 Å². The number of nitriles is 1. The Balaban J connectivity index is 2.31. The minimum atomic E-state index is -0.730. The van der Waals surface area contributed by atoms with Gasteiger partial charge in [0.25, 0.3) is 5.91 Å². The monoisotopic (exact) mass is 321 g/mol. The SMILES string of the molecule is CC(C)(C)OC(=O)NCCCNC(=O)c1ccc(C#N)c(F)c1. The summed E-state index contributed by atoms with van der Waals surface area (Å²) in [5.41, 5.74) is -0.525. The summed E-state index contributed by atoms with van der Waals surface area (Å²) in [4.78, 5) is 23.2. The topological polar surface area (TPSA) is 91.2 Å². The summed E-state index contributed by atoms with van der Waals surface area (Å²) in [6, 6.07) is 5.35. The molecule has 0 saturated heterocycles. The molecule has 124 valence electrons. The molecule has 23 heavy (non-hydrogen) atoms. The molecule has 0 saturated carbocycles. The average molecular weight is 321 g/mol. The molecular formula is C16H20FN3O3. The zero-order valence-electron chi connectivity index (χ0n) is 13.4. The highest BCUT2D eigenvalue weighted by atomic mass is 19.1. The van der Waals surface area contributed by atoms with Crippen molar-refractivity contribution in [3.05, 3.63) is 35.1 Å². The highest BCUT2D eigenvalue weighted by Crippen LogP contribution is 2.09. The number of rotatable bonds is 5. The van der Waals surface area contributed by atoms with E-state index < -0.39 is 23.4 Å². The normalized spacial score (nSPS) is 10.6. The lowest BCUT2D eigenvalue weighted by Gasteiger charge is -2.19. The molecule has 0 unspecified atom stereocenters. The fourth-order valence-corrected chi connectivity index (χ4v) is 1.64. The number of halogens is 1. The van der Waals surface area contributed by atoms with Crippen LogP contribution in [0.2, 0.25) is 0 Å². The van der Waals surface area contributed by atoms with E-state index in [0.717, 1.165) is 6.07 Å². The first kappa shape index (κ1) is 18.4. The van der Waals surface area contributed by atoms with Gasteiger partial charge in [-0.1, -0.05) is 0 Å². The van der Waals surface area contributed by atoms with Gasteiger partial charge in [0, 0.05) is 18.7 Å². The lowest BCUT2D eigenvalue weighted by molar-refractivity contribution is 0.0527. The van der Waals surface area contributed by atoms with Crippen LogP contribution in [0.1, 0.15) is 43.1 Å². The van der Waals surface area contributed by atoms with Crippen LogP contribution in [0.15, 0.2) is 18.2 Å². The molecule has 6 nitrogen and oxygen atoms in total. The van der Waals surface area contributed by atoms with E-state index in [1.54, 1.807) is 26.8 Å². The minimum Gasteiger partial charge on any atom is -0.444 e. The summed E-state index contributed by atoms with van der Waals surface area (Å²) in [6.07, 6.45) is -0.0120. The molecule has 2 N–H and O–H groups in total. The number of benzene rings is 1. The fourth-order valence-electron chi connectivity index (χ4n) is 1.64. The molecular weight excluding hydrogens is 301 g/mol. The van der Waals surface area contributed by atoms with Crippen LogP contribution >= 0.6 is 0 Å². The van der Waals surface area contributed by atoms with E-state index in [9.17, 15) is 14.0 Å². The first-order chi connectivity index (χ1) is 10.7. The van der Waals surface area contributed by atoms with E-state index in [2.05, 4.69) is 10.6 Å². The van der Waals surface area contributed by atoms with Crippen LogP contribution in [-0.4, -0.2) is 30.7 Å². The zero-order chi connectivity index (χ0) is 17.5. The molecule has 0 aliphatic carbocycles. The second-order valence-corrected chi connectivity index (χ2v) is 5.84. The Bertz CT molecular complexity index is 618. The summed E-state index contributed by atoms with van der Waals surface area (Å²) in [6.45, 7) is 5.96. The minimum absolute atomic E-state index is 0.108. The van der Waals surface area contributed by atoms with Crippen molar-refractivity contribution in [2.75, 3.05) is 13.1 Å². The number of nitrogens with one attached hydrogen (secondary N) is 2. The van der Waals surface area contributed by atoms with E-state index in [4.69, 9.17) is 10.00 Å². The van der Waals surface area contributed by atoms with Gasteiger partial charge in [-0.15, -0.1) is 0 Å². The number of ether oxygens (including phenoxy) is 1. The molecule has 0 aliphatic heterocycles. The van der Waals surface area contributed by atoms with Gasteiger partial charge in [-0.2, -0.15) is 5.26 Å². The predicted molar refractivity (Wildman–Crippen MR) is 82.3 cm³/mol. The molecule has 1 rings (SSSR count). The summed E-state index contributed by atoms with van der Waals surface area (Å²) in [5.74, 6) is -1.17. The summed E-state index contributed by atoms with van der Waals surface area (Å²) in [7, 11) is 0. The van der Waals surface area contributed by atoms with Crippen molar-refractivity contribution in [1.82, 2.24) is 10.6 Å². The zero-order valence-corrected chi connectivity index (χ0v) is 13.4. The van der Waals surface area contributed by atoms with Crippen molar-refractivity contribution < 1.29 is 18.7 Å². The molecule has 0 aliphatic rings. The number of carbonyl (C=O) groups excluding carboxylic acids is 2. The van der Waals surface area contributed by atoms with E-state index in [1.807, 2.05) is 0 Å². The molecule has 0 radical (unpaired) electrons. The van der Waals surface area contributed by atoms with Crippen LogP contribution in [-0.2, 0) is 4.74 Å². The van der Waals surface area contributed by atoms with Gasteiger partial charge in [-0.25, -0.2) is 9.18 Å². The average Bonchev–Trinajstić information content (AvgIpc) is 2.44. The van der Waals surface area contributed by atoms with Gasteiger partial charge in [0.15, 0.2) is 0 Å². The largest absolute Gasteiger partial charge is 0.444 e. The van der Waals surface area contributed by atoms with Crippen LogP contribution < -0.4 is 10.6 Å². The molecule has 0 heterocycles. The fraction of sp³-hybridized carbons (Fsp3) is 0.438. The maximum atomic E-state index is 13.4. The quantitative estimate of drug-likeness (QED) is 0.814. The first-order valence-corrected chi connectivity index (χ1v) is 7.17. The maximum absolute atomic E-state index is 13.4. The van der Waals surface area contributed by atoms with Gasteiger partial charge in [0.2, 0.25) is 0 Å². The van der Waals surface area contributed by atoms with E-state index in [-0.39, 0.29) is 11.1 Å². The molecule has 0 atom stereocenters. The van der Waals surface area contributed by atoms with Gasteiger partial charge in [-0.3, -0.25) is 4.79 Å². The van der Waals surface area contributed by atoms with Crippen LogP contribution in [0, 0.1) is 17.1 Å². The molecule has 0 spiro atoms. The Labute approximate surface area is 134 Å². The summed E-state index contributed by atoms with van der Waals surface area (Å²) < 4.78 is 18.5. The molecule has 1 aromatic carbocycles. The smallest absolute Gasteiger partial charge is 0.407 e. The molecule has 7 heteroatoms. The van der Waals surface area contributed by atoms with Gasteiger partial charge in [0.1, 0.15) is 17.5 Å². The predicted octanol–water partition coefficient (Wildman–Crippen LogP) is 2.34. The third-order valence-corrected chi connectivity index (χ3v) is 2.66. The van der Waals surface area contributed by atoms with Gasteiger partial charge < -0.3 is 15.4 Å². The third kappa shape index (κ3) is 6.78. The summed E-state index contributed by atoms with van der Waals surface area (Å²) >= 11 is 0. The number of carbonyl (C=O) groups is 2. The number of amides is 2. The van der Waals surface area contributed by atoms with Crippen LogP contribution in [0.25, 0.3) is 0 Å². The highest BCUT2D eigenvalue weighted by Gasteiger charge is 2.15. The number of hydrogen-bond donors (Lipinski definition) is 2. The maximum Gasteiger partial charge on any atom is 0.407 e. The Morgan fingerprint density at radius 2 is 1.91 bits per heavy atom. The Hall–Kier alpha value is -2.62. The van der Waals surface area contributed by atoms with Crippen molar-refractivity contribution >= 4 is 12.0 Å². The number of nitrogens with zero attached hydrogens (tertiary/aromatic N) is 1. The van der Waals surface area contributed by atoms with Crippen molar-refractivity contribution in [2.45, 2.75) is 32.8 Å². The van der Waals surface area contributed by atoms with Crippen LogP contribution in [0.5, 0.6) is 0 Å². The van der Waals surface area contributed by atoms with Crippen molar-refractivity contribution in [3.8, 4) is 6.07 Å². The first-order valence-electron chi connectivity index (χ1n) is 7.17.